The molecule has 2 fully saturated rings. The van der Waals surface area contributed by atoms with Gasteiger partial charge >= 0.3 is 0 Å². The van der Waals surface area contributed by atoms with Crippen LogP contribution in [0.4, 0.5) is 0 Å². The lowest BCUT2D eigenvalue weighted by Gasteiger charge is -2.39. The van der Waals surface area contributed by atoms with E-state index in [0.717, 1.165) is 31.1 Å². The molecule has 2 aliphatic heterocycles. The molecule has 2 saturated heterocycles. The first kappa shape index (κ1) is 24.0. The number of aromatic nitrogens is 1. The molecular formula is C24H36IN5O. The maximum Gasteiger partial charge on any atom is 0.213 e. The van der Waals surface area contributed by atoms with E-state index in [1.54, 1.807) is 0 Å². The molecule has 2 N–H and O–H groups in total. The molecule has 4 rings (SSSR count). The Bertz CT molecular complexity index is 846. The summed E-state index contributed by atoms with van der Waals surface area (Å²) in [6.07, 6.45) is 6.75. The molecule has 3 heterocycles. The zero-order valence-electron chi connectivity index (χ0n) is 19.1. The number of hydrogen-bond donors (Lipinski definition) is 2. The number of oxazole rings is 1. The number of aliphatic imine (C=N–C) groups is 1. The third-order valence-electron chi connectivity index (χ3n) is 6.36. The summed E-state index contributed by atoms with van der Waals surface area (Å²) in [6, 6.07) is 12.6. The van der Waals surface area contributed by atoms with Crippen LogP contribution in [-0.4, -0.2) is 41.0 Å². The third kappa shape index (κ3) is 6.00. The van der Waals surface area contributed by atoms with E-state index in [-0.39, 0.29) is 29.4 Å². The monoisotopic (exact) mass is 537 g/mol. The van der Waals surface area contributed by atoms with Crippen molar-refractivity contribution >= 4 is 29.9 Å². The molecule has 0 saturated carbocycles. The zero-order chi connectivity index (χ0) is 21.1. The van der Waals surface area contributed by atoms with Gasteiger partial charge in [0.1, 0.15) is 5.76 Å². The number of halogens is 1. The first-order valence-electron chi connectivity index (χ1n) is 11.1. The first-order chi connectivity index (χ1) is 14.4. The van der Waals surface area contributed by atoms with Crippen LogP contribution in [0.1, 0.15) is 63.7 Å². The van der Waals surface area contributed by atoms with Crippen molar-refractivity contribution in [1.29, 1.82) is 0 Å². The van der Waals surface area contributed by atoms with Crippen LogP contribution in [-0.2, 0) is 18.5 Å². The van der Waals surface area contributed by atoms with E-state index in [9.17, 15) is 0 Å². The summed E-state index contributed by atoms with van der Waals surface area (Å²) >= 11 is 0. The molecule has 2 aliphatic rings. The van der Waals surface area contributed by atoms with Gasteiger partial charge in [-0.2, -0.15) is 0 Å². The lowest BCUT2D eigenvalue weighted by molar-refractivity contribution is 0.114. The number of rotatable bonds is 5. The van der Waals surface area contributed by atoms with Crippen molar-refractivity contribution < 1.29 is 4.42 Å². The standard InChI is InChI=1S/C24H35N5O.HI/c1-24(2,3)21-14-26-22(30-21)15-27-23(25-4)28-18-12-19-10-11-20(13-18)29(19)16-17-8-6-5-7-9-17;/h5-9,14,18-20H,10-13,15-16H2,1-4H3,(H2,25,27,28);1H. The predicted octanol–water partition coefficient (Wildman–Crippen LogP) is 4.45. The lowest BCUT2D eigenvalue weighted by Crippen LogP contribution is -2.52. The van der Waals surface area contributed by atoms with Crippen LogP contribution in [0.2, 0.25) is 0 Å². The SMILES string of the molecule is CN=C(NCc1ncc(C(C)(C)C)o1)NC1CC2CCC(C1)N2Cc1ccccc1.I. The smallest absolute Gasteiger partial charge is 0.213 e. The topological polar surface area (TPSA) is 65.7 Å². The van der Waals surface area contributed by atoms with E-state index < -0.39 is 0 Å². The Morgan fingerprint density at radius 2 is 1.84 bits per heavy atom. The highest BCUT2D eigenvalue weighted by atomic mass is 127. The normalized spacial score (nSPS) is 24.0. The molecule has 2 unspecified atom stereocenters. The van der Waals surface area contributed by atoms with Gasteiger partial charge in [0.15, 0.2) is 5.96 Å². The number of nitrogens with one attached hydrogen (secondary N) is 2. The highest BCUT2D eigenvalue weighted by Crippen LogP contribution is 2.36. The summed E-state index contributed by atoms with van der Waals surface area (Å²) < 4.78 is 5.88. The molecule has 0 radical (unpaired) electrons. The molecule has 0 aliphatic carbocycles. The van der Waals surface area contributed by atoms with Gasteiger partial charge in [0.05, 0.1) is 12.7 Å². The van der Waals surface area contributed by atoms with E-state index in [2.05, 4.69) is 76.6 Å². The largest absolute Gasteiger partial charge is 0.443 e. The molecule has 1 aromatic heterocycles. The molecule has 2 aromatic rings. The lowest BCUT2D eigenvalue weighted by atomic mass is 9.94. The van der Waals surface area contributed by atoms with Crippen LogP contribution in [0.5, 0.6) is 0 Å². The fourth-order valence-electron chi connectivity index (χ4n) is 4.73. The summed E-state index contributed by atoms with van der Waals surface area (Å²) in [5.74, 6) is 2.43. The highest BCUT2D eigenvalue weighted by molar-refractivity contribution is 14.0. The van der Waals surface area contributed by atoms with Gasteiger partial charge in [-0.1, -0.05) is 51.1 Å². The maximum atomic E-state index is 5.88. The Kier molecular flexibility index (Phi) is 8.02. The minimum absolute atomic E-state index is 0. The Labute approximate surface area is 203 Å². The number of piperidine rings is 1. The van der Waals surface area contributed by atoms with E-state index in [4.69, 9.17) is 4.42 Å². The number of benzene rings is 1. The predicted molar refractivity (Wildman–Crippen MR) is 136 cm³/mol. The fraction of sp³-hybridized carbons (Fsp3) is 0.583. The molecule has 0 spiro atoms. The van der Waals surface area contributed by atoms with E-state index >= 15 is 0 Å². The van der Waals surface area contributed by atoms with Gasteiger partial charge < -0.3 is 15.1 Å². The number of fused-ring (bicyclic) bond motifs is 2. The van der Waals surface area contributed by atoms with Crippen molar-refractivity contribution in [2.75, 3.05) is 7.05 Å². The second kappa shape index (κ2) is 10.3. The maximum absolute atomic E-state index is 5.88. The van der Waals surface area contributed by atoms with Crippen molar-refractivity contribution in [3.05, 3.63) is 53.7 Å². The minimum atomic E-state index is -0.0296. The molecule has 31 heavy (non-hydrogen) atoms. The average molecular weight is 537 g/mol. The number of guanidine groups is 1. The van der Waals surface area contributed by atoms with Crippen molar-refractivity contribution in [3.8, 4) is 0 Å². The fourth-order valence-corrected chi connectivity index (χ4v) is 4.73. The average Bonchev–Trinajstić information content (AvgIpc) is 3.28. The van der Waals surface area contributed by atoms with Crippen LogP contribution in [0, 0.1) is 0 Å². The molecule has 170 valence electrons. The molecular weight excluding hydrogens is 501 g/mol. The third-order valence-corrected chi connectivity index (χ3v) is 6.36. The Hall–Kier alpha value is -1.61. The second-order valence-electron chi connectivity index (χ2n) is 9.65. The van der Waals surface area contributed by atoms with Crippen LogP contribution in [0.3, 0.4) is 0 Å². The molecule has 6 nitrogen and oxygen atoms in total. The number of nitrogens with zero attached hydrogens (tertiary/aromatic N) is 3. The van der Waals surface area contributed by atoms with Crippen LogP contribution in [0.25, 0.3) is 0 Å². The van der Waals surface area contributed by atoms with Crippen molar-refractivity contribution in [2.24, 2.45) is 4.99 Å². The van der Waals surface area contributed by atoms with Crippen molar-refractivity contribution in [2.45, 2.75) is 83.1 Å². The van der Waals surface area contributed by atoms with Gasteiger partial charge in [0.25, 0.3) is 0 Å². The van der Waals surface area contributed by atoms with Gasteiger partial charge in [-0.15, -0.1) is 24.0 Å². The minimum Gasteiger partial charge on any atom is -0.443 e. The van der Waals surface area contributed by atoms with Gasteiger partial charge in [0.2, 0.25) is 5.89 Å². The van der Waals surface area contributed by atoms with E-state index in [1.807, 2.05) is 13.2 Å². The van der Waals surface area contributed by atoms with Gasteiger partial charge in [0, 0.05) is 37.1 Å². The summed E-state index contributed by atoms with van der Waals surface area (Å²) in [5.41, 5.74) is 1.39. The Balaban J connectivity index is 0.00000272. The number of hydrogen-bond acceptors (Lipinski definition) is 4. The van der Waals surface area contributed by atoms with E-state index in [0.29, 0.717) is 30.6 Å². The second-order valence-corrected chi connectivity index (χ2v) is 9.65. The van der Waals surface area contributed by atoms with Crippen molar-refractivity contribution in [1.82, 2.24) is 20.5 Å². The summed E-state index contributed by atoms with van der Waals surface area (Å²) in [5, 5.41) is 7.01. The van der Waals surface area contributed by atoms with Gasteiger partial charge in [-0.3, -0.25) is 9.89 Å². The Morgan fingerprint density at radius 3 is 2.42 bits per heavy atom. The molecule has 2 atom stereocenters. The molecule has 7 heteroatoms. The Morgan fingerprint density at radius 1 is 1.16 bits per heavy atom. The quantitative estimate of drug-likeness (QED) is 0.335. The zero-order valence-corrected chi connectivity index (χ0v) is 21.4. The molecule has 1 aromatic carbocycles. The van der Waals surface area contributed by atoms with Gasteiger partial charge in [-0.25, -0.2) is 4.98 Å². The van der Waals surface area contributed by atoms with Gasteiger partial charge in [-0.05, 0) is 31.2 Å². The molecule has 2 bridgehead atoms. The molecule has 0 amide bonds. The van der Waals surface area contributed by atoms with E-state index in [1.165, 1.54) is 18.4 Å². The van der Waals surface area contributed by atoms with Crippen LogP contribution in [0.15, 0.2) is 45.9 Å². The van der Waals surface area contributed by atoms with Crippen LogP contribution >= 0.6 is 24.0 Å². The highest BCUT2D eigenvalue weighted by Gasteiger charge is 2.40. The summed E-state index contributed by atoms with van der Waals surface area (Å²) in [4.78, 5) is 11.5. The summed E-state index contributed by atoms with van der Waals surface area (Å²) in [6.45, 7) is 7.99. The first-order valence-corrected chi connectivity index (χ1v) is 11.1. The summed E-state index contributed by atoms with van der Waals surface area (Å²) in [7, 11) is 1.82. The van der Waals surface area contributed by atoms with Crippen LogP contribution < -0.4 is 10.6 Å². The van der Waals surface area contributed by atoms with Crippen molar-refractivity contribution in [3.63, 3.8) is 0 Å².